The molecule has 0 aliphatic carbocycles. The number of ether oxygens (including phenoxy) is 1. The van der Waals surface area contributed by atoms with E-state index in [1.165, 1.54) is 276 Å². The quantitative estimate of drug-likeness (QED) is 0.0417. The fourth-order valence-corrected chi connectivity index (χ4v) is 9.76. The van der Waals surface area contributed by atoms with Crippen LogP contribution in [-0.4, -0.2) is 47.4 Å². The highest BCUT2D eigenvalue weighted by atomic mass is 16.5. The summed E-state index contributed by atoms with van der Waals surface area (Å²) in [5.74, 6) is -0.0125. The predicted octanol–water partition coefficient (Wildman–Crippen LogP) is 18.7. The second-order valence-electron chi connectivity index (χ2n) is 21.1. The number of nitrogens with one attached hydrogen (secondary N) is 1. The Morgan fingerprint density at radius 3 is 0.924 bits per heavy atom. The third-order valence-electron chi connectivity index (χ3n) is 14.4. The van der Waals surface area contributed by atoms with Crippen molar-refractivity contribution in [1.82, 2.24) is 5.32 Å². The molecule has 0 radical (unpaired) electrons. The number of rotatable bonds is 57. The smallest absolute Gasteiger partial charge is 0.305 e. The van der Waals surface area contributed by atoms with Gasteiger partial charge in [-0.1, -0.05) is 309 Å². The van der Waals surface area contributed by atoms with Crippen molar-refractivity contribution in [1.29, 1.82) is 0 Å². The molecular weight excluding hydrogens is 815 g/mol. The van der Waals surface area contributed by atoms with Crippen LogP contribution in [0.25, 0.3) is 0 Å². The van der Waals surface area contributed by atoms with E-state index in [0.29, 0.717) is 25.9 Å². The largest absolute Gasteiger partial charge is 0.466 e. The zero-order chi connectivity index (χ0) is 47.9. The molecule has 0 bridgehead atoms. The van der Waals surface area contributed by atoms with Crippen LogP contribution in [-0.2, 0) is 14.3 Å². The molecule has 0 aromatic carbocycles. The van der Waals surface area contributed by atoms with E-state index < -0.39 is 12.1 Å². The third kappa shape index (κ3) is 52.2. The van der Waals surface area contributed by atoms with Crippen LogP contribution in [0.4, 0.5) is 0 Å². The highest BCUT2D eigenvalue weighted by Crippen LogP contribution is 2.18. The predicted molar refractivity (Wildman–Crippen MR) is 287 cm³/mol. The summed E-state index contributed by atoms with van der Waals surface area (Å²) in [5.41, 5.74) is 0. The van der Waals surface area contributed by atoms with Gasteiger partial charge in [0.15, 0.2) is 0 Å². The molecule has 0 saturated carbocycles. The van der Waals surface area contributed by atoms with Gasteiger partial charge in [0.1, 0.15) is 0 Å². The normalized spacial score (nSPS) is 12.5. The summed E-state index contributed by atoms with van der Waals surface area (Å²) in [5, 5.41) is 23.2. The first kappa shape index (κ1) is 64.9. The fourth-order valence-electron chi connectivity index (χ4n) is 9.76. The van der Waals surface area contributed by atoms with Crippen LogP contribution in [0.1, 0.15) is 348 Å². The Morgan fingerprint density at radius 2 is 0.621 bits per heavy atom. The van der Waals surface area contributed by atoms with Crippen molar-refractivity contribution in [3.8, 4) is 0 Å². The van der Waals surface area contributed by atoms with Crippen LogP contribution in [0.2, 0.25) is 0 Å². The van der Waals surface area contributed by atoms with Crippen molar-refractivity contribution < 1.29 is 24.5 Å². The van der Waals surface area contributed by atoms with Gasteiger partial charge in [-0.3, -0.25) is 9.59 Å². The van der Waals surface area contributed by atoms with Gasteiger partial charge < -0.3 is 20.3 Å². The average Bonchev–Trinajstić information content (AvgIpc) is 3.32. The van der Waals surface area contributed by atoms with Crippen molar-refractivity contribution in [3.63, 3.8) is 0 Å². The van der Waals surface area contributed by atoms with E-state index in [1.54, 1.807) is 0 Å². The minimum absolute atomic E-state index is 0.0190. The fraction of sp³-hybridized carbons (Fsp3) is 0.967. The molecule has 1 amide bonds. The van der Waals surface area contributed by atoms with E-state index >= 15 is 0 Å². The van der Waals surface area contributed by atoms with Gasteiger partial charge in [0.05, 0.1) is 25.4 Å². The lowest BCUT2D eigenvalue weighted by Gasteiger charge is -2.22. The lowest BCUT2D eigenvalue weighted by molar-refractivity contribution is -0.143. The van der Waals surface area contributed by atoms with E-state index in [9.17, 15) is 19.8 Å². The highest BCUT2D eigenvalue weighted by Gasteiger charge is 2.20. The monoisotopic (exact) mass is 934 g/mol. The maximum Gasteiger partial charge on any atom is 0.305 e. The number of hydrogen-bond donors (Lipinski definition) is 3. The Balaban J connectivity index is 3.30. The summed E-state index contributed by atoms with van der Waals surface area (Å²) in [6.45, 7) is 4.96. The second kappa shape index (κ2) is 56.4. The minimum atomic E-state index is -0.658. The molecule has 0 aliphatic rings. The Kier molecular flexibility index (Phi) is 55.5. The summed E-state index contributed by atoms with van der Waals surface area (Å²) in [6.07, 6.45) is 65.5. The molecule has 394 valence electrons. The molecule has 0 aromatic rings. The van der Waals surface area contributed by atoms with Gasteiger partial charge in [-0.05, 0) is 25.7 Å². The Bertz CT molecular complexity index is 944. The SMILES string of the molecule is CCCCCCCCCCCCCC(=O)OCCCCCCCCCCCCCCCCCCCCCCCCCCCCCCC(=O)NC(CO)C(O)CCCCCCCCCCCC. The molecule has 2 atom stereocenters. The highest BCUT2D eigenvalue weighted by molar-refractivity contribution is 5.76. The summed E-state index contributed by atoms with van der Waals surface area (Å²) in [7, 11) is 0. The van der Waals surface area contributed by atoms with E-state index in [0.717, 1.165) is 38.5 Å². The van der Waals surface area contributed by atoms with E-state index in [2.05, 4.69) is 19.2 Å². The Hall–Kier alpha value is -1.14. The van der Waals surface area contributed by atoms with Gasteiger partial charge in [-0.2, -0.15) is 0 Å². The van der Waals surface area contributed by atoms with Gasteiger partial charge in [-0.15, -0.1) is 0 Å². The van der Waals surface area contributed by atoms with Crippen LogP contribution < -0.4 is 5.32 Å². The lowest BCUT2D eigenvalue weighted by atomic mass is 10.0. The first-order valence-corrected chi connectivity index (χ1v) is 30.3. The van der Waals surface area contributed by atoms with E-state index in [1.807, 2.05) is 0 Å². The third-order valence-corrected chi connectivity index (χ3v) is 14.4. The zero-order valence-corrected chi connectivity index (χ0v) is 45.0. The molecule has 2 unspecified atom stereocenters. The van der Waals surface area contributed by atoms with Crippen molar-refractivity contribution >= 4 is 11.9 Å². The van der Waals surface area contributed by atoms with Crippen LogP contribution in [0, 0.1) is 0 Å². The molecule has 0 aliphatic heterocycles. The van der Waals surface area contributed by atoms with Gasteiger partial charge in [-0.25, -0.2) is 0 Å². The molecule has 0 saturated heterocycles. The number of carbonyl (C=O) groups is 2. The summed E-state index contributed by atoms with van der Waals surface area (Å²) >= 11 is 0. The molecule has 0 heterocycles. The first-order chi connectivity index (χ1) is 32.5. The van der Waals surface area contributed by atoms with Gasteiger partial charge in [0, 0.05) is 12.8 Å². The molecule has 0 spiro atoms. The summed E-state index contributed by atoms with van der Waals surface area (Å²) in [6, 6.07) is -0.535. The van der Waals surface area contributed by atoms with Crippen molar-refractivity contribution in [2.45, 2.75) is 360 Å². The van der Waals surface area contributed by atoms with Gasteiger partial charge >= 0.3 is 5.97 Å². The van der Waals surface area contributed by atoms with Gasteiger partial charge in [0.25, 0.3) is 0 Å². The van der Waals surface area contributed by atoms with Gasteiger partial charge in [0.2, 0.25) is 5.91 Å². The van der Waals surface area contributed by atoms with Crippen molar-refractivity contribution in [2.75, 3.05) is 13.2 Å². The Labute approximate surface area is 413 Å². The lowest BCUT2D eigenvalue weighted by Crippen LogP contribution is -2.45. The number of aliphatic hydroxyl groups is 2. The number of amides is 1. The maximum absolute atomic E-state index is 12.4. The number of esters is 1. The number of unbranched alkanes of at least 4 members (excludes halogenated alkanes) is 46. The topological polar surface area (TPSA) is 95.9 Å². The van der Waals surface area contributed by atoms with Crippen LogP contribution in [0.15, 0.2) is 0 Å². The molecule has 0 aromatic heterocycles. The summed E-state index contributed by atoms with van der Waals surface area (Å²) < 4.78 is 5.47. The van der Waals surface area contributed by atoms with Crippen molar-refractivity contribution in [2.24, 2.45) is 0 Å². The van der Waals surface area contributed by atoms with Crippen LogP contribution >= 0.6 is 0 Å². The molecule has 6 nitrogen and oxygen atoms in total. The van der Waals surface area contributed by atoms with E-state index in [4.69, 9.17) is 4.74 Å². The first-order valence-electron chi connectivity index (χ1n) is 30.3. The number of hydrogen-bond acceptors (Lipinski definition) is 5. The second-order valence-corrected chi connectivity index (χ2v) is 21.1. The molecule has 0 rings (SSSR count). The zero-order valence-electron chi connectivity index (χ0n) is 45.0. The van der Waals surface area contributed by atoms with Crippen molar-refractivity contribution in [3.05, 3.63) is 0 Å². The van der Waals surface area contributed by atoms with Crippen LogP contribution in [0.5, 0.6) is 0 Å². The molecule has 66 heavy (non-hydrogen) atoms. The summed E-state index contributed by atoms with van der Waals surface area (Å²) in [4.78, 5) is 24.4. The molecule has 6 heteroatoms. The number of carbonyl (C=O) groups excluding carboxylic acids is 2. The minimum Gasteiger partial charge on any atom is -0.466 e. The molecule has 0 fully saturated rings. The Morgan fingerprint density at radius 1 is 0.364 bits per heavy atom. The van der Waals surface area contributed by atoms with E-state index in [-0.39, 0.29) is 18.5 Å². The molecular formula is C60H119NO5. The maximum atomic E-state index is 12.4. The van der Waals surface area contributed by atoms with Crippen LogP contribution in [0.3, 0.4) is 0 Å². The number of aliphatic hydroxyl groups excluding tert-OH is 2. The average molecular weight is 935 g/mol. The standard InChI is InChI=1S/C60H119NO5/c1-3-5-7-9-11-13-33-38-42-46-50-54-60(65)66-55-51-47-43-39-35-32-30-28-26-24-22-20-18-16-15-17-19-21-23-25-27-29-31-34-37-41-45-49-53-59(64)61-57(56-62)58(63)52-48-44-40-36-14-12-10-8-6-4-2/h57-58,62-63H,3-56H2,1-2H3,(H,61,64). The molecule has 3 N–H and O–H groups in total.